The molecule has 19 heavy (non-hydrogen) atoms. The Morgan fingerprint density at radius 1 is 1.42 bits per heavy atom. The highest BCUT2D eigenvalue weighted by molar-refractivity contribution is 9.10. The summed E-state index contributed by atoms with van der Waals surface area (Å²) < 4.78 is 0.990. The summed E-state index contributed by atoms with van der Waals surface area (Å²) in [5, 5.41) is 0. The van der Waals surface area contributed by atoms with E-state index in [1.807, 2.05) is 29.2 Å². The first-order chi connectivity index (χ1) is 9.15. The fraction of sp³-hybridized carbons (Fsp3) is 0.533. The average molecular weight is 325 g/mol. The predicted octanol–water partition coefficient (Wildman–Crippen LogP) is 3.04. The first-order valence-corrected chi connectivity index (χ1v) is 7.71. The van der Waals surface area contributed by atoms with Crippen LogP contribution in [0.1, 0.15) is 36.5 Å². The number of rotatable bonds is 3. The second-order valence-corrected chi connectivity index (χ2v) is 6.11. The quantitative estimate of drug-likeness (QED) is 0.928. The molecule has 3 nitrogen and oxygen atoms in total. The highest BCUT2D eigenvalue weighted by atomic mass is 79.9. The molecule has 0 bridgehead atoms. The van der Waals surface area contributed by atoms with Gasteiger partial charge in [-0.2, -0.15) is 0 Å². The number of benzene rings is 1. The molecule has 0 aromatic heterocycles. The largest absolute Gasteiger partial charge is 0.334 e. The van der Waals surface area contributed by atoms with Gasteiger partial charge in [0.2, 0.25) is 0 Å². The van der Waals surface area contributed by atoms with Crippen molar-refractivity contribution >= 4 is 21.8 Å². The van der Waals surface area contributed by atoms with Crippen molar-refractivity contribution in [3.63, 3.8) is 0 Å². The molecular weight excluding hydrogens is 304 g/mol. The summed E-state index contributed by atoms with van der Waals surface area (Å²) in [5.41, 5.74) is 6.60. The van der Waals surface area contributed by atoms with Crippen LogP contribution >= 0.6 is 15.9 Å². The number of hydrogen-bond donors (Lipinski definition) is 1. The summed E-state index contributed by atoms with van der Waals surface area (Å²) in [6, 6.07) is 7.74. The minimum absolute atomic E-state index is 0.109. The lowest BCUT2D eigenvalue weighted by atomic mass is 9.88. The molecule has 2 atom stereocenters. The number of amides is 1. The molecule has 104 valence electrons. The molecule has 2 N–H and O–H groups in total. The molecule has 1 amide bonds. The molecule has 1 saturated heterocycles. The van der Waals surface area contributed by atoms with Crippen molar-refractivity contribution in [1.82, 2.24) is 4.90 Å². The van der Waals surface area contributed by atoms with Gasteiger partial charge in [0, 0.05) is 29.2 Å². The lowest BCUT2D eigenvalue weighted by Gasteiger charge is -2.39. The lowest BCUT2D eigenvalue weighted by Crippen LogP contribution is -2.49. The summed E-state index contributed by atoms with van der Waals surface area (Å²) >= 11 is 3.39. The lowest BCUT2D eigenvalue weighted by molar-refractivity contribution is 0.0558. The molecule has 0 radical (unpaired) electrons. The normalized spacial score (nSPS) is 23.4. The molecular formula is C15H21BrN2O. The van der Waals surface area contributed by atoms with Crippen LogP contribution in [0.5, 0.6) is 0 Å². The average Bonchev–Trinajstić information content (AvgIpc) is 2.46. The fourth-order valence-corrected chi connectivity index (χ4v) is 3.02. The highest BCUT2D eigenvalue weighted by Crippen LogP contribution is 2.26. The third kappa shape index (κ3) is 3.37. The highest BCUT2D eigenvalue weighted by Gasteiger charge is 2.30. The van der Waals surface area contributed by atoms with Gasteiger partial charge in [-0.15, -0.1) is 0 Å². The van der Waals surface area contributed by atoms with Crippen molar-refractivity contribution in [3.05, 3.63) is 34.3 Å². The van der Waals surface area contributed by atoms with Gasteiger partial charge in [-0.1, -0.05) is 29.3 Å². The molecule has 1 aliphatic heterocycles. The van der Waals surface area contributed by atoms with Crippen molar-refractivity contribution in [2.75, 3.05) is 13.1 Å². The van der Waals surface area contributed by atoms with Gasteiger partial charge < -0.3 is 10.6 Å². The Balaban J connectivity index is 2.11. The maximum absolute atomic E-state index is 12.5. The molecule has 0 spiro atoms. The van der Waals surface area contributed by atoms with Crippen molar-refractivity contribution in [1.29, 1.82) is 0 Å². The molecule has 1 aromatic rings. The molecule has 4 heteroatoms. The Morgan fingerprint density at radius 2 is 2.11 bits per heavy atom. The number of likely N-dealkylation sites (tertiary alicyclic amines) is 1. The molecule has 0 aliphatic carbocycles. The number of nitrogens with zero attached hydrogens (tertiary/aromatic N) is 1. The molecule has 0 saturated carbocycles. The van der Waals surface area contributed by atoms with Crippen LogP contribution in [0.4, 0.5) is 0 Å². The van der Waals surface area contributed by atoms with Crippen LogP contribution in [-0.4, -0.2) is 29.9 Å². The number of halogens is 1. The van der Waals surface area contributed by atoms with Crippen LogP contribution in [0.15, 0.2) is 28.7 Å². The summed E-state index contributed by atoms with van der Waals surface area (Å²) in [6.45, 7) is 3.60. The van der Waals surface area contributed by atoms with E-state index in [-0.39, 0.29) is 11.9 Å². The molecule has 2 rings (SSSR count). The second-order valence-electron chi connectivity index (χ2n) is 5.19. The Bertz CT molecular complexity index is 432. The van der Waals surface area contributed by atoms with E-state index in [1.165, 1.54) is 6.42 Å². The van der Waals surface area contributed by atoms with Gasteiger partial charge in [0.05, 0.1) is 0 Å². The van der Waals surface area contributed by atoms with Crippen LogP contribution in [0.2, 0.25) is 0 Å². The number of piperidine rings is 1. The van der Waals surface area contributed by atoms with E-state index in [4.69, 9.17) is 5.73 Å². The van der Waals surface area contributed by atoms with Gasteiger partial charge in [-0.3, -0.25) is 4.79 Å². The first kappa shape index (κ1) is 14.5. The number of carbonyl (C=O) groups excluding carboxylic acids is 1. The van der Waals surface area contributed by atoms with E-state index in [1.54, 1.807) is 0 Å². The minimum Gasteiger partial charge on any atom is -0.334 e. The van der Waals surface area contributed by atoms with Gasteiger partial charge in [-0.05, 0) is 43.0 Å². The van der Waals surface area contributed by atoms with Crippen molar-refractivity contribution in [2.24, 2.45) is 11.7 Å². The van der Waals surface area contributed by atoms with Crippen LogP contribution in [0.3, 0.4) is 0 Å². The monoisotopic (exact) mass is 324 g/mol. The summed E-state index contributed by atoms with van der Waals surface area (Å²) in [7, 11) is 0. The Kier molecular flexibility index (Phi) is 4.99. The smallest absolute Gasteiger partial charge is 0.254 e. The van der Waals surface area contributed by atoms with Gasteiger partial charge in [-0.25, -0.2) is 0 Å². The zero-order chi connectivity index (χ0) is 13.8. The van der Waals surface area contributed by atoms with Gasteiger partial charge in [0.15, 0.2) is 0 Å². The van der Waals surface area contributed by atoms with Crippen molar-refractivity contribution in [2.45, 2.75) is 32.2 Å². The van der Waals surface area contributed by atoms with Crippen molar-refractivity contribution in [3.8, 4) is 0 Å². The maximum Gasteiger partial charge on any atom is 0.254 e. The van der Waals surface area contributed by atoms with Gasteiger partial charge >= 0.3 is 0 Å². The Labute approximate surface area is 123 Å². The molecule has 1 heterocycles. The van der Waals surface area contributed by atoms with E-state index < -0.39 is 0 Å². The maximum atomic E-state index is 12.5. The summed E-state index contributed by atoms with van der Waals surface area (Å²) in [4.78, 5) is 14.5. The Morgan fingerprint density at radius 3 is 2.68 bits per heavy atom. The second kappa shape index (κ2) is 6.53. The van der Waals surface area contributed by atoms with Gasteiger partial charge in [0.25, 0.3) is 5.91 Å². The van der Waals surface area contributed by atoms with Gasteiger partial charge in [0.1, 0.15) is 0 Å². The number of carbonyl (C=O) groups is 1. The predicted molar refractivity (Wildman–Crippen MR) is 81.0 cm³/mol. The number of nitrogens with two attached hydrogens (primary N) is 1. The molecule has 1 aromatic carbocycles. The third-order valence-corrected chi connectivity index (χ3v) is 4.55. The standard InChI is InChI=1S/C15H21BrN2O/c1-2-11-7-8-18(14(9-11)10-17)15(19)12-3-5-13(16)6-4-12/h3-6,11,14H,2,7-10,17H2,1H3. The Hall–Kier alpha value is -0.870. The van der Waals surface area contributed by atoms with Crippen LogP contribution in [0.25, 0.3) is 0 Å². The topological polar surface area (TPSA) is 46.3 Å². The minimum atomic E-state index is 0.109. The van der Waals surface area contributed by atoms with E-state index in [0.717, 1.165) is 29.4 Å². The van der Waals surface area contributed by atoms with E-state index in [2.05, 4.69) is 22.9 Å². The van der Waals surface area contributed by atoms with E-state index >= 15 is 0 Å². The van der Waals surface area contributed by atoms with E-state index in [9.17, 15) is 4.79 Å². The number of hydrogen-bond acceptors (Lipinski definition) is 2. The van der Waals surface area contributed by atoms with Crippen LogP contribution < -0.4 is 5.73 Å². The molecule has 2 unspecified atom stereocenters. The fourth-order valence-electron chi connectivity index (χ4n) is 2.75. The summed E-state index contributed by atoms with van der Waals surface area (Å²) in [5.74, 6) is 0.819. The zero-order valence-electron chi connectivity index (χ0n) is 11.3. The van der Waals surface area contributed by atoms with E-state index in [0.29, 0.717) is 12.5 Å². The molecule has 1 aliphatic rings. The first-order valence-electron chi connectivity index (χ1n) is 6.92. The third-order valence-electron chi connectivity index (χ3n) is 4.03. The van der Waals surface area contributed by atoms with Crippen LogP contribution in [-0.2, 0) is 0 Å². The summed E-state index contributed by atoms with van der Waals surface area (Å²) in [6.07, 6.45) is 3.31. The molecule has 1 fully saturated rings. The zero-order valence-corrected chi connectivity index (χ0v) is 12.9. The van der Waals surface area contributed by atoms with Crippen molar-refractivity contribution < 1.29 is 4.79 Å². The SMILES string of the molecule is CCC1CCN(C(=O)c2ccc(Br)cc2)C(CN)C1. The van der Waals surface area contributed by atoms with Crippen LogP contribution in [0, 0.1) is 5.92 Å².